The third kappa shape index (κ3) is 5.38. The van der Waals surface area contributed by atoms with Crippen LogP contribution >= 0.6 is 11.6 Å². The summed E-state index contributed by atoms with van der Waals surface area (Å²) >= 11 is 6.23. The maximum absolute atomic E-state index is 6.23. The lowest BCUT2D eigenvalue weighted by Crippen LogP contribution is -2.42. The molecule has 0 spiro atoms. The Labute approximate surface area is 151 Å². The van der Waals surface area contributed by atoms with Gasteiger partial charge in [0.2, 0.25) is 0 Å². The highest BCUT2D eigenvalue weighted by molar-refractivity contribution is 6.30. The minimum atomic E-state index is 0.00331. The van der Waals surface area contributed by atoms with Gasteiger partial charge in [-0.25, -0.2) is 0 Å². The fourth-order valence-electron chi connectivity index (χ4n) is 2.99. The Bertz CT molecular complexity index is 539. The van der Waals surface area contributed by atoms with Crippen molar-refractivity contribution in [2.45, 2.75) is 39.0 Å². The van der Waals surface area contributed by atoms with E-state index in [0.29, 0.717) is 5.92 Å². The van der Waals surface area contributed by atoms with Crippen molar-refractivity contribution >= 4 is 17.6 Å². The number of aliphatic imine (C=N–C) groups is 1. The van der Waals surface area contributed by atoms with E-state index in [9.17, 15) is 0 Å². The molecule has 1 aromatic rings. The molecule has 5 heteroatoms. The van der Waals surface area contributed by atoms with Gasteiger partial charge in [0.1, 0.15) is 0 Å². The molecular weight excluding hydrogens is 322 g/mol. The molecule has 0 radical (unpaired) electrons. The minimum Gasteiger partial charge on any atom is -0.381 e. The molecule has 0 amide bonds. The molecule has 2 N–H and O–H groups in total. The molecule has 1 heterocycles. The summed E-state index contributed by atoms with van der Waals surface area (Å²) < 4.78 is 5.60. The van der Waals surface area contributed by atoms with Gasteiger partial charge in [0.05, 0.1) is 6.54 Å². The number of benzene rings is 1. The zero-order valence-corrected chi connectivity index (χ0v) is 15.8. The van der Waals surface area contributed by atoms with Crippen LogP contribution in [0.5, 0.6) is 0 Å². The highest BCUT2D eigenvalue weighted by Gasteiger charge is 2.34. The Morgan fingerprint density at radius 3 is 2.67 bits per heavy atom. The molecule has 0 atom stereocenters. The second-order valence-electron chi connectivity index (χ2n) is 6.87. The Morgan fingerprint density at radius 1 is 1.29 bits per heavy atom. The zero-order chi connectivity index (χ0) is 17.4. The molecule has 2 rings (SSSR count). The molecule has 1 saturated heterocycles. The number of rotatable bonds is 6. The average Bonchev–Trinajstić information content (AvgIpc) is 2.58. The van der Waals surface area contributed by atoms with Crippen LogP contribution in [0, 0.1) is 5.92 Å². The molecule has 1 aliphatic rings. The van der Waals surface area contributed by atoms with Crippen LogP contribution in [0.15, 0.2) is 29.3 Å². The molecule has 24 heavy (non-hydrogen) atoms. The van der Waals surface area contributed by atoms with E-state index in [1.54, 1.807) is 0 Å². The van der Waals surface area contributed by atoms with Crippen LogP contribution in [0.25, 0.3) is 0 Å². The van der Waals surface area contributed by atoms with Crippen molar-refractivity contribution in [3.63, 3.8) is 0 Å². The summed E-state index contributed by atoms with van der Waals surface area (Å²) in [5, 5.41) is 7.54. The van der Waals surface area contributed by atoms with Crippen LogP contribution in [-0.4, -0.2) is 38.8 Å². The summed E-state index contributed by atoms with van der Waals surface area (Å²) in [5.74, 6) is 1.47. The topological polar surface area (TPSA) is 45.7 Å². The van der Waals surface area contributed by atoms with Gasteiger partial charge in [-0.3, -0.25) is 4.99 Å². The smallest absolute Gasteiger partial charge is 0.191 e. The van der Waals surface area contributed by atoms with Crippen molar-refractivity contribution in [2.75, 3.05) is 32.8 Å². The van der Waals surface area contributed by atoms with Crippen LogP contribution in [0.3, 0.4) is 0 Å². The van der Waals surface area contributed by atoms with Crippen LogP contribution < -0.4 is 10.6 Å². The second-order valence-corrected chi connectivity index (χ2v) is 7.31. The number of halogens is 1. The quantitative estimate of drug-likeness (QED) is 0.608. The summed E-state index contributed by atoms with van der Waals surface area (Å²) in [6, 6.07) is 8.20. The Morgan fingerprint density at radius 2 is 2.04 bits per heavy atom. The third-order valence-corrected chi connectivity index (χ3v) is 4.68. The zero-order valence-electron chi connectivity index (χ0n) is 15.1. The van der Waals surface area contributed by atoms with Crippen LogP contribution in [0.1, 0.15) is 39.2 Å². The summed E-state index contributed by atoms with van der Waals surface area (Å²) in [4.78, 5) is 4.88. The first-order chi connectivity index (χ1) is 11.6. The van der Waals surface area contributed by atoms with Gasteiger partial charge in [0, 0.05) is 36.7 Å². The molecule has 134 valence electrons. The van der Waals surface area contributed by atoms with Crippen LogP contribution in [0.4, 0.5) is 0 Å². The van der Waals surface area contributed by atoms with E-state index < -0.39 is 0 Å². The van der Waals surface area contributed by atoms with E-state index >= 15 is 0 Å². The minimum absolute atomic E-state index is 0.00331. The standard InChI is InChI=1S/C19H30ClN3O/c1-4-21-18(22-13-15(2)3)23-14-19(8-10-24-11-9-19)16-6-5-7-17(20)12-16/h5-7,12,15H,4,8-11,13-14H2,1-3H3,(H2,21,22,23). The normalized spacial score (nSPS) is 17.8. The van der Waals surface area contributed by atoms with Crippen molar-refractivity contribution in [3.05, 3.63) is 34.9 Å². The number of hydrogen-bond acceptors (Lipinski definition) is 2. The Kier molecular flexibility index (Phi) is 7.38. The van der Waals surface area contributed by atoms with Crippen LogP contribution in [-0.2, 0) is 10.2 Å². The molecule has 1 aliphatic heterocycles. The first-order valence-corrected chi connectivity index (χ1v) is 9.29. The highest BCUT2D eigenvalue weighted by Crippen LogP contribution is 2.36. The lowest BCUT2D eigenvalue weighted by atomic mass is 9.74. The van der Waals surface area contributed by atoms with Gasteiger partial charge in [-0.15, -0.1) is 0 Å². The van der Waals surface area contributed by atoms with Gasteiger partial charge < -0.3 is 15.4 Å². The molecule has 0 aliphatic carbocycles. The second kappa shape index (κ2) is 9.28. The van der Waals surface area contributed by atoms with Crippen molar-refractivity contribution in [2.24, 2.45) is 10.9 Å². The first kappa shape index (κ1) is 19.1. The lowest BCUT2D eigenvalue weighted by molar-refractivity contribution is 0.0531. The molecule has 1 fully saturated rings. The van der Waals surface area contributed by atoms with Crippen molar-refractivity contribution < 1.29 is 4.74 Å². The summed E-state index contributed by atoms with van der Waals surface area (Å²) in [6.07, 6.45) is 1.95. The molecule has 1 aromatic carbocycles. The van der Waals surface area contributed by atoms with Gasteiger partial charge in [-0.2, -0.15) is 0 Å². The first-order valence-electron chi connectivity index (χ1n) is 8.92. The largest absolute Gasteiger partial charge is 0.381 e. The number of nitrogens with one attached hydrogen (secondary N) is 2. The molecule has 0 saturated carbocycles. The van der Waals surface area contributed by atoms with Gasteiger partial charge >= 0.3 is 0 Å². The lowest BCUT2D eigenvalue weighted by Gasteiger charge is -2.36. The molecular formula is C19H30ClN3O. The monoisotopic (exact) mass is 351 g/mol. The summed E-state index contributed by atoms with van der Waals surface area (Å²) in [7, 11) is 0. The van der Waals surface area contributed by atoms with Gasteiger partial charge in [-0.05, 0) is 43.4 Å². The van der Waals surface area contributed by atoms with E-state index in [1.165, 1.54) is 5.56 Å². The van der Waals surface area contributed by atoms with Crippen molar-refractivity contribution in [3.8, 4) is 0 Å². The van der Waals surface area contributed by atoms with E-state index in [1.807, 2.05) is 12.1 Å². The summed E-state index contributed by atoms with van der Waals surface area (Å²) in [6.45, 7) is 10.6. The number of ether oxygens (including phenoxy) is 1. The maximum Gasteiger partial charge on any atom is 0.191 e. The third-order valence-electron chi connectivity index (χ3n) is 4.45. The molecule has 4 nitrogen and oxygen atoms in total. The van der Waals surface area contributed by atoms with E-state index in [-0.39, 0.29) is 5.41 Å². The molecule has 0 aromatic heterocycles. The molecule has 0 bridgehead atoms. The predicted octanol–water partition coefficient (Wildman–Crippen LogP) is 3.60. The van der Waals surface area contributed by atoms with Crippen molar-refractivity contribution in [1.29, 1.82) is 0 Å². The molecule has 0 unspecified atom stereocenters. The summed E-state index contributed by atoms with van der Waals surface area (Å²) in [5.41, 5.74) is 1.27. The van der Waals surface area contributed by atoms with Gasteiger partial charge in [-0.1, -0.05) is 37.6 Å². The van der Waals surface area contributed by atoms with Gasteiger partial charge in [0.25, 0.3) is 0 Å². The maximum atomic E-state index is 6.23. The van der Waals surface area contributed by atoms with E-state index in [4.69, 9.17) is 21.3 Å². The SMILES string of the molecule is CCNC(=NCC1(c2cccc(Cl)c2)CCOCC1)NCC(C)C. The van der Waals surface area contributed by atoms with E-state index in [2.05, 4.69) is 43.5 Å². The Balaban J connectivity index is 2.19. The Hall–Kier alpha value is -1.26. The fraction of sp³-hybridized carbons (Fsp3) is 0.632. The predicted molar refractivity (Wildman–Crippen MR) is 102 cm³/mol. The average molecular weight is 352 g/mol. The number of hydrogen-bond donors (Lipinski definition) is 2. The number of guanidine groups is 1. The van der Waals surface area contributed by atoms with Gasteiger partial charge in [0.15, 0.2) is 5.96 Å². The number of nitrogens with zero attached hydrogens (tertiary/aromatic N) is 1. The van der Waals surface area contributed by atoms with Crippen molar-refractivity contribution in [1.82, 2.24) is 10.6 Å². The van der Waals surface area contributed by atoms with E-state index in [0.717, 1.165) is 56.7 Å². The fourth-order valence-corrected chi connectivity index (χ4v) is 3.18. The van der Waals surface area contributed by atoms with Crippen LogP contribution in [0.2, 0.25) is 5.02 Å². The highest BCUT2D eigenvalue weighted by atomic mass is 35.5.